The van der Waals surface area contributed by atoms with E-state index in [0.29, 0.717) is 46.6 Å². The lowest BCUT2D eigenvalue weighted by molar-refractivity contribution is -0.135. The topological polar surface area (TPSA) is 77.1 Å². The predicted molar refractivity (Wildman–Crippen MR) is 115 cm³/mol. The molecule has 1 N–H and O–H groups in total. The molecule has 2 aromatic carbocycles. The fourth-order valence-electron chi connectivity index (χ4n) is 3.04. The van der Waals surface area contributed by atoms with Crippen LogP contribution in [0, 0.1) is 5.92 Å². The Morgan fingerprint density at radius 1 is 0.933 bits per heavy atom. The Kier molecular flexibility index (Phi) is 6.30. The number of anilines is 1. The molecule has 7 heteroatoms. The number of methoxy groups -OCH3 is 2. The van der Waals surface area contributed by atoms with E-state index in [1.54, 1.807) is 49.6 Å². The summed E-state index contributed by atoms with van der Waals surface area (Å²) in [5.74, 6) is 1.46. The van der Waals surface area contributed by atoms with Crippen molar-refractivity contribution in [3.63, 3.8) is 0 Å². The van der Waals surface area contributed by atoms with Crippen LogP contribution in [0.4, 0.5) is 5.69 Å². The van der Waals surface area contributed by atoms with Crippen LogP contribution in [-0.2, 0) is 9.59 Å². The average Bonchev–Trinajstić information content (AvgIpc) is 2.96. The van der Waals surface area contributed by atoms with E-state index in [-0.39, 0.29) is 11.6 Å². The average molecular weight is 410 g/mol. The molecule has 30 heavy (non-hydrogen) atoms. The molecule has 1 aliphatic heterocycles. The van der Waals surface area contributed by atoms with Crippen LogP contribution in [0.15, 0.2) is 48.2 Å². The molecule has 0 spiro atoms. The zero-order valence-electron chi connectivity index (χ0n) is 17.8. The minimum absolute atomic E-state index is 0.196. The van der Waals surface area contributed by atoms with E-state index >= 15 is 0 Å². The van der Waals surface area contributed by atoms with Gasteiger partial charge in [-0.3, -0.25) is 14.5 Å². The zero-order valence-corrected chi connectivity index (χ0v) is 17.8. The van der Waals surface area contributed by atoms with Crippen LogP contribution in [-0.4, -0.2) is 44.6 Å². The molecule has 158 valence electrons. The molecule has 0 bridgehead atoms. The molecular weight excluding hydrogens is 384 g/mol. The van der Waals surface area contributed by atoms with Crippen molar-refractivity contribution in [2.75, 3.05) is 33.2 Å². The Morgan fingerprint density at radius 3 is 2.20 bits per heavy atom. The highest BCUT2D eigenvalue weighted by Crippen LogP contribution is 2.35. The van der Waals surface area contributed by atoms with Gasteiger partial charge in [0.05, 0.1) is 32.1 Å². The number of carbonyl (C=O) groups is 2. The molecule has 0 atom stereocenters. The Morgan fingerprint density at radius 2 is 1.60 bits per heavy atom. The molecule has 0 saturated heterocycles. The summed E-state index contributed by atoms with van der Waals surface area (Å²) in [5, 5.41) is 3.08. The maximum absolute atomic E-state index is 12.8. The fourth-order valence-corrected chi connectivity index (χ4v) is 3.04. The Balaban J connectivity index is 1.97. The number of amides is 2. The molecule has 0 saturated carbocycles. The molecule has 0 unspecified atom stereocenters. The van der Waals surface area contributed by atoms with Crippen molar-refractivity contribution >= 4 is 23.1 Å². The van der Waals surface area contributed by atoms with E-state index in [2.05, 4.69) is 19.2 Å². The molecule has 0 aliphatic carbocycles. The van der Waals surface area contributed by atoms with Crippen LogP contribution in [0.5, 0.6) is 17.2 Å². The first-order valence-corrected chi connectivity index (χ1v) is 9.64. The molecule has 1 aliphatic rings. The second kappa shape index (κ2) is 8.90. The van der Waals surface area contributed by atoms with Crippen LogP contribution >= 0.6 is 0 Å². The Bertz CT molecular complexity index is 980. The van der Waals surface area contributed by atoms with Gasteiger partial charge in [0, 0.05) is 13.1 Å². The maximum Gasteiger partial charge on any atom is 0.277 e. The smallest absolute Gasteiger partial charge is 0.277 e. The summed E-state index contributed by atoms with van der Waals surface area (Å²) in [6.45, 7) is 4.75. The monoisotopic (exact) mass is 410 g/mol. The zero-order chi connectivity index (χ0) is 21.8. The van der Waals surface area contributed by atoms with Crippen molar-refractivity contribution in [2.24, 2.45) is 5.92 Å². The van der Waals surface area contributed by atoms with Gasteiger partial charge in [-0.15, -0.1) is 0 Å². The van der Waals surface area contributed by atoms with Crippen molar-refractivity contribution in [3.05, 3.63) is 53.7 Å². The lowest BCUT2D eigenvalue weighted by Crippen LogP contribution is -2.27. The van der Waals surface area contributed by atoms with Gasteiger partial charge < -0.3 is 19.5 Å². The van der Waals surface area contributed by atoms with Crippen LogP contribution in [0.3, 0.4) is 0 Å². The highest BCUT2D eigenvalue weighted by molar-refractivity contribution is 6.36. The Hall–Kier alpha value is -3.48. The van der Waals surface area contributed by atoms with E-state index in [1.165, 1.54) is 14.2 Å². The summed E-state index contributed by atoms with van der Waals surface area (Å²) in [6.07, 6.45) is 0. The number of nitrogens with one attached hydrogen (secondary N) is 1. The largest absolute Gasteiger partial charge is 0.497 e. The van der Waals surface area contributed by atoms with Crippen molar-refractivity contribution in [2.45, 2.75) is 13.8 Å². The van der Waals surface area contributed by atoms with E-state index in [0.717, 1.165) is 4.90 Å². The quantitative estimate of drug-likeness (QED) is 0.671. The molecule has 0 aromatic heterocycles. The summed E-state index contributed by atoms with van der Waals surface area (Å²) in [5.41, 5.74) is 1.68. The third-order valence-electron chi connectivity index (χ3n) is 4.68. The lowest BCUT2D eigenvalue weighted by atomic mass is 10.0. The molecule has 3 rings (SSSR count). The highest BCUT2D eigenvalue weighted by Gasteiger charge is 2.37. The van der Waals surface area contributed by atoms with Crippen LogP contribution < -0.4 is 19.5 Å². The Labute approximate surface area is 176 Å². The standard InChI is InChI=1S/C23H26N2O5/c1-14(2)13-30-16-8-6-15(7-9-16)20-21(23(27)25(3)22(20)26)24-18-11-10-17(28-4)12-19(18)29-5/h6-12,14,24H,13H2,1-5H3. The van der Waals surface area contributed by atoms with Crippen LogP contribution in [0.25, 0.3) is 5.57 Å². The van der Waals surface area contributed by atoms with Gasteiger partial charge in [0.1, 0.15) is 22.9 Å². The summed E-state index contributed by atoms with van der Waals surface area (Å²) in [7, 11) is 4.55. The highest BCUT2D eigenvalue weighted by atomic mass is 16.5. The third-order valence-corrected chi connectivity index (χ3v) is 4.68. The van der Waals surface area contributed by atoms with Gasteiger partial charge in [-0.25, -0.2) is 0 Å². The third kappa shape index (κ3) is 4.25. The minimum Gasteiger partial charge on any atom is -0.497 e. The first kappa shape index (κ1) is 21.2. The van der Waals surface area contributed by atoms with Crippen molar-refractivity contribution in [1.82, 2.24) is 4.90 Å². The number of ether oxygens (including phenoxy) is 3. The molecule has 0 radical (unpaired) electrons. The van der Waals surface area contributed by atoms with Crippen molar-refractivity contribution in [1.29, 1.82) is 0 Å². The summed E-state index contributed by atoms with van der Waals surface area (Å²) in [6, 6.07) is 12.3. The summed E-state index contributed by atoms with van der Waals surface area (Å²) >= 11 is 0. The van der Waals surface area contributed by atoms with E-state index in [9.17, 15) is 9.59 Å². The molecular formula is C23H26N2O5. The first-order valence-electron chi connectivity index (χ1n) is 9.64. The number of hydrogen-bond donors (Lipinski definition) is 1. The number of likely N-dealkylation sites (N-methyl/N-ethyl adjacent to an activating group) is 1. The lowest BCUT2D eigenvalue weighted by Gasteiger charge is -2.14. The van der Waals surface area contributed by atoms with E-state index in [1.807, 2.05) is 0 Å². The van der Waals surface area contributed by atoms with Crippen molar-refractivity contribution in [3.8, 4) is 17.2 Å². The van der Waals surface area contributed by atoms with Gasteiger partial charge in [0.15, 0.2) is 0 Å². The summed E-state index contributed by atoms with van der Waals surface area (Å²) in [4.78, 5) is 26.7. The molecule has 2 aromatic rings. The predicted octanol–water partition coefficient (Wildman–Crippen LogP) is 3.56. The fraction of sp³-hybridized carbons (Fsp3) is 0.304. The van der Waals surface area contributed by atoms with Gasteiger partial charge >= 0.3 is 0 Å². The second-order valence-corrected chi connectivity index (χ2v) is 7.34. The SMILES string of the molecule is COc1ccc(NC2=C(c3ccc(OCC(C)C)cc3)C(=O)N(C)C2=O)c(OC)c1. The van der Waals surface area contributed by atoms with Gasteiger partial charge in [0.25, 0.3) is 11.8 Å². The molecule has 7 nitrogen and oxygen atoms in total. The maximum atomic E-state index is 12.8. The number of carbonyl (C=O) groups excluding carboxylic acids is 2. The minimum atomic E-state index is -0.409. The van der Waals surface area contributed by atoms with Gasteiger partial charge in [-0.05, 0) is 35.7 Å². The van der Waals surface area contributed by atoms with Crippen LogP contribution in [0.1, 0.15) is 19.4 Å². The molecule has 2 amide bonds. The number of imide groups is 1. The number of hydrogen-bond acceptors (Lipinski definition) is 6. The number of benzene rings is 2. The van der Waals surface area contributed by atoms with Gasteiger partial charge in [-0.2, -0.15) is 0 Å². The molecule has 0 fully saturated rings. The number of nitrogens with zero attached hydrogens (tertiary/aromatic N) is 1. The molecule has 1 heterocycles. The van der Waals surface area contributed by atoms with Gasteiger partial charge in [-0.1, -0.05) is 26.0 Å². The van der Waals surface area contributed by atoms with Gasteiger partial charge in [0.2, 0.25) is 0 Å². The summed E-state index contributed by atoms with van der Waals surface area (Å²) < 4.78 is 16.3. The number of rotatable bonds is 8. The van der Waals surface area contributed by atoms with Crippen molar-refractivity contribution < 1.29 is 23.8 Å². The van der Waals surface area contributed by atoms with E-state index < -0.39 is 5.91 Å². The normalized spacial score (nSPS) is 13.9. The van der Waals surface area contributed by atoms with E-state index in [4.69, 9.17) is 14.2 Å². The first-order chi connectivity index (χ1) is 14.3. The second-order valence-electron chi connectivity index (χ2n) is 7.34. The van der Waals surface area contributed by atoms with Crippen LogP contribution in [0.2, 0.25) is 0 Å².